The molecule has 1 aliphatic carbocycles. The van der Waals surface area contributed by atoms with Gasteiger partial charge in [-0.1, -0.05) is 22.0 Å². The second-order valence-corrected chi connectivity index (χ2v) is 6.11. The lowest BCUT2D eigenvalue weighted by molar-refractivity contribution is 0.304. The molecule has 0 heterocycles. The molecule has 0 spiro atoms. The number of ether oxygens (including phenoxy) is 2. The van der Waals surface area contributed by atoms with Crippen LogP contribution in [0.3, 0.4) is 0 Å². The van der Waals surface area contributed by atoms with E-state index in [0.717, 1.165) is 34.4 Å². The third-order valence-corrected chi connectivity index (χ3v) is 4.66. The summed E-state index contributed by atoms with van der Waals surface area (Å²) in [6, 6.07) is 12.2. The molecule has 0 saturated carbocycles. The van der Waals surface area contributed by atoms with E-state index in [9.17, 15) is 0 Å². The summed E-state index contributed by atoms with van der Waals surface area (Å²) in [5, 5.41) is 0. The summed E-state index contributed by atoms with van der Waals surface area (Å²) in [7, 11) is 1.66. The van der Waals surface area contributed by atoms with Crippen LogP contribution in [0.2, 0.25) is 0 Å². The molecule has 4 heteroatoms. The number of fused-ring (bicyclic) bond motifs is 1. The van der Waals surface area contributed by atoms with Crippen LogP contribution in [-0.2, 0) is 13.0 Å². The van der Waals surface area contributed by atoms with Gasteiger partial charge in [0.2, 0.25) is 0 Å². The van der Waals surface area contributed by atoms with Gasteiger partial charge in [-0.3, -0.25) is 0 Å². The number of benzene rings is 2. The van der Waals surface area contributed by atoms with Crippen molar-refractivity contribution in [2.24, 2.45) is 5.73 Å². The predicted octanol–water partition coefficient (Wildman–Crippen LogP) is 3.98. The van der Waals surface area contributed by atoms with E-state index in [1.807, 2.05) is 24.3 Å². The van der Waals surface area contributed by atoms with E-state index in [4.69, 9.17) is 15.2 Å². The number of hydrogen-bond donors (Lipinski definition) is 1. The molecule has 0 radical (unpaired) electrons. The summed E-state index contributed by atoms with van der Waals surface area (Å²) >= 11 is 3.54. The Bertz CT molecular complexity index is 657. The molecule has 3 rings (SSSR count). The molecular formula is C17H18BrNO2. The number of rotatable bonds is 4. The molecule has 21 heavy (non-hydrogen) atoms. The molecule has 0 bridgehead atoms. The Morgan fingerprint density at radius 2 is 2.00 bits per heavy atom. The first kappa shape index (κ1) is 14.4. The summed E-state index contributed by atoms with van der Waals surface area (Å²) < 4.78 is 12.2. The number of halogens is 1. The van der Waals surface area contributed by atoms with Crippen LogP contribution in [0.25, 0.3) is 0 Å². The molecule has 0 aromatic heterocycles. The highest BCUT2D eigenvalue weighted by Gasteiger charge is 2.19. The topological polar surface area (TPSA) is 44.5 Å². The van der Waals surface area contributed by atoms with Crippen LogP contribution in [0.4, 0.5) is 0 Å². The molecule has 1 aliphatic rings. The smallest absolute Gasteiger partial charge is 0.120 e. The molecule has 0 saturated heterocycles. The van der Waals surface area contributed by atoms with Gasteiger partial charge in [0.05, 0.1) is 7.11 Å². The molecule has 110 valence electrons. The van der Waals surface area contributed by atoms with E-state index in [1.54, 1.807) is 7.11 Å². The van der Waals surface area contributed by atoms with Gasteiger partial charge in [-0.15, -0.1) is 0 Å². The summed E-state index contributed by atoms with van der Waals surface area (Å²) in [5.41, 5.74) is 9.68. The fourth-order valence-corrected chi connectivity index (χ4v) is 3.03. The highest BCUT2D eigenvalue weighted by molar-refractivity contribution is 9.10. The molecule has 1 atom stereocenters. The Labute approximate surface area is 133 Å². The number of methoxy groups -OCH3 is 1. The fourth-order valence-electron chi connectivity index (χ4n) is 2.67. The van der Waals surface area contributed by atoms with E-state index in [2.05, 4.69) is 28.1 Å². The Kier molecular flexibility index (Phi) is 4.17. The van der Waals surface area contributed by atoms with Crippen molar-refractivity contribution in [3.63, 3.8) is 0 Å². The van der Waals surface area contributed by atoms with Crippen LogP contribution >= 0.6 is 15.9 Å². The van der Waals surface area contributed by atoms with Crippen molar-refractivity contribution in [2.45, 2.75) is 25.5 Å². The Balaban J connectivity index is 1.73. The summed E-state index contributed by atoms with van der Waals surface area (Å²) in [6.07, 6.45) is 2.07. The third kappa shape index (κ3) is 3.06. The van der Waals surface area contributed by atoms with E-state index in [0.29, 0.717) is 6.61 Å². The summed E-state index contributed by atoms with van der Waals surface area (Å²) in [6.45, 7) is 0.503. The minimum Gasteiger partial charge on any atom is -0.497 e. The van der Waals surface area contributed by atoms with Crippen molar-refractivity contribution in [3.05, 3.63) is 57.6 Å². The monoisotopic (exact) mass is 347 g/mol. The average Bonchev–Trinajstić information content (AvgIpc) is 2.87. The summed E-state index contributed by atoms with van der Waals surface area (Å²) in [4.78, 5) is 0. The Morgan fingerprint density at radius 1 is 1.19 bits per heavy atom. The molecule has 0 amide bonds. The normalized spacial score (nSPS) is 16.6. The quantitative estimate of drug-likeness (QED) is 0.909. The van der Waals surface area contributed by atoms with Gasteiger partial charge in [-0.25, -0.2) is 0 Å². The maximum absolute atomic E-state index is 6.05. The summed E-state index contributed by atoms with van der Waals surface area (Å²) in [5.74, 6) is 1.72. The molecular weight excluding hydrogens is 330 g/mol. The lowest BCUT2D eigenvalue weighted by Gasteiger charge is -2.11. The van der Waals surface area contributed by atoms with Crippen LogP contribution < -0.4 is 15.2 Å². The molecule has 3 nitrogen and oxygen atoms in total. The number of aryl methyl sites for hydroxylation is 1. The second-order valence-electron chi connectivity index (χ2n) is 5.25. The van der Waals surface area contributed by atoms with Crippen LogP contribution in [0.15, 0.2) is 40.9 Å². The minimum absolute atomic E-state index is 0.182. The largest absolute Gasteiger partial charge is 0.497 e. The number of hydrogen-bond acceptors (Lipinski definition) is 3. The van der Waals surface area contributed by atoms with Crippen LogP contribution in [0, 0.1) is 0 Å². The SMILES string of the molecule is COc1ccc(Br)c(COc2ccc3c(c2)CC[C@H]3N)c1. The molecule has 0 unspecified atom stereocenters. The molecule has 2 aromatic rings. The molecule has 2 aromatic carbocycles. The molecule has 0 aliphatic heterocycles. The zero-order valence-electron chi connectivity index (χ0n) is 11.9. The first-order valence-electron chi connectivity index (χ1n) is 7.01. The third-order valence-electron chi connectivity index (χ3n) is 3.89. The lowest BCUT2D eigenvalue weighted by atomic mass is 10.1. The van der Waals surface area contributed by atoms with Crippen molar-refractivity contribution >= 4 is 15.9 Å². The maximum atomic E-state index is 6.05. The van der Waals surface area contributed by atoms with Crippen molar-refractivity contribution in [1.29, 1.82) is 0 Å². The van der Waals surface area contributed by atoms with Gasteiger partial charge in [-0.05, 0) is 54.3 Å². The van der Waals surface area contributed by atoms with Gasteiger partial charge in [0.1, 0.15) is 18.1 Å². The van der Waals surface area contributed by atoms with Gasteiger partial charge in [0.25, 0.3) is 0 Å². The van der Waals surface area contributed by atoms with E-state index in [1.165, 1.54) is 11.1 Å². The Morgan fingerprint density at radius 3 is 2.81 bits per heavy atom. The highest BCUT2D eigenvalue weighted by Crippen LogP contribution is 2.32. The van der Waals surface area contributed by atoms with Gasteiger partial charge in [-0.2, -0.15) is 0 Å². The van der Waals surface area contributed by atoms with E-state index >= 15 is 0 Å². The average molecular weight is 348 g/mol. The standard InChI is InChI=1S/C17H18BrNO2/c1-20-13-4-6-16(18)12(9-13)10-21-14-3-5-15-11(8-14)2-7-17(15)19/h3-6,8-9,17H,2,7,10,19H2,1H3/t17-/m1/s1. The van der Waals surface area contributed by atoms with Crippen molar-refractivity contribution < 1.29 is 9.47 Å². The van der Waals surface area contributed by atoms with Crippen LogP contribution in [-0.4, -0.2) is 7.11 Å². The number of nitrogens with two attached hydrogens (primary N) is 1. The van der Waals surface area contributed by atoms with Crippen molar-refractivity contribution in [2.75, 3.05) is 7.11 Å². The lowest BCUT2D eigenvalue weighted by Crippen LogP contribution is -2.05. The minimum atomic E-state index is 0.182. The van der Waals surface area contributed by atoms with Crippen LogP contribution in [0.5, 0.6) is 11.5 Å². The zero-order valence-corrected chi connectivity index (χ0v) is 13.5. The highest BCUT2D eigenvalue weighted by atomic mass is 79.9. The van der Waals surface area contributed by atoms with Crippen molar-refractivity contribution in [3.8, 4) is 11.5 Å². The second kappa shape index (κ2) is 6.08. The van der Waals surface area contributed by atoms with E-state index in [-0.39, 0.29) is 6.04 Å². The fraction of sp³-hybridized carbons (Fsp3) is 0.294. The maximum Gasteiger partial charge on any atom is 0.120 e. The van der Waals surface area contributed by atoms with Gasteiger partial charge >= 0.3 is 0 Å². The van der Waals surface area contributed by atoms with Crippen molar-refractivity contribution in [1.82, 2.24) is 0 Å². The van der Waals surface area contributed by atoms with E-state index < -0.39 is 0 Å². The first-order chi connectivity index (χ1) is 10.2. The van der Waals surface area contributed by atoms with Crippen LogP contribution in [0.1, 0.15) is 29.2 Å². The Hall–Kier alpha value is -1.52. The predicted molar refractivity (Wildman–Crippen MR) is 86.7 cm³/mol. The molecule has 2 N–H and O–H groups in total. The first-order valence-corrected chi connectivity index (χ1v) is 7.80. The molecule has 0 fully saturated rings. The van der Waals surface area contributed by atoms with Gasteiger partial charge < -0.3 is 15.2 Å². The van der Waals surface area contributed by atoms with Gasteiger partial charge in [0.15, 0.2) is 0 Å². The zero-order chi connectivity index (χ0) is 14.8. The van der Waals surface area contributed by atoms with Gasteiger partial charge in [0, 0.05) is 16.1 Å².